The first-order valence-electron chi connectivity index (χ1n) is 5.33. The minimum absolute atomic E-state index is 0.00236. The molecular formula is C12H15BrClNO2. The highest BCUT2D eigenvalue weighted by Gasteiger charge is 2.14. The zero-order chi connectivity index (χ0) is 12.8. The Morgan fingerprint density at radius 3 is 2.88 bits per heavy atom. The molecule has 0 heterocycles. The molecule has 1 aromatic rings. The normalized spacial score (nSPS) is 12.2. The molecule has 0 saturated heterocycles. The summed E-state index contributed by atoms with van der Waals surface area (Å²) in [6.07, 6.45) is 0.811. The van der Waals surface area contributed by atoms with Gasteiger partial charge in [0.1, 0.15) is 0 Å². The van der Waals surface area contributed by atoms with E-state index < -0.39 is 0 Å². The summed E-state index contributed by atoms with van der Waals surface area (Å²) in [6.45, 7) is 2.49. The number of hydrogen-bond acceptors (Lipinski definition) is 2. The van der Waals surface area contributed by atoms with Crippen molar-refractivity contribution in [2.45, 2.75) is 19.4 Å². The van der Waals surface area contributed by atoms with E-state index in [-0.39, 0.29) is 11.9 Å². The number of benzene rings is 1. The van der Waals surface area contributed by atoms with Gasteiger partial charge in [0.15, 0.2) is 0 Å². The summed E-state index contributed by atoms with van der Waals surface area (Å²) in [5.74, 6) is -0.180. The molecule has 1 amide bonds. The van der Waals surface area contributed by atoms with E-state index in [0.29, 0.717) is 17.2 Å². The van der Waals surface area contributed by atoms with Gasteiger partial charge in [0.05, 0.1) is 23.2 Å². The zero-order valence-corrected chi connectivity index (χ0v) is 12.1. The molecule has 0 spiro atoms. The fourth-order valence-corrected chi connectivity index (χ4v) is 1.96. The van der Waals surface area contributed by atoms with E-state index in [9.17, 15) is 4.79 Å². The predicted octanol–water partition coefficient (Wildman–Crippen LogP) is 3.26. The Morgan fingerprint density at radius 2 is 2.29 bits per heavy atom. The van der Waals surface area contributed by atoms with E-state index in [0.717, 1.165) is 10.9 Å². The zero-order valence-electron chi connectivity index (χ0n) is 9.80. The Morgan fingerprint density at radius 1 is 1.59 bits per heavy atom. The van der Waals surface area contributed by atoms with Gasteiger partial charge in [0.25, 0.3) is 5.91 Å². The topological polar surface area (TPSA) is 38.3 Å². The van der Waals surface area contributed by atoms with Gasteiger partial charge in [-0.2, -0.15) is 0 Å². The first-order chi connectivity index (χ1) is 8.08. The van der Waals surface area contributed by atoms with Crippen molar-refractivity contribution in [3.05, 3.63) is 33.3 Å². The quantitative estimate of drug-likeness (QED) is 0.904. The standard InChI is InChI=1S/C12H15BrClNO2/c1-3-9(7-17-2)15-12(16)10-6-8(13)4-5-11(10)14/h4-6,9H,3,7H2,1-2H3,(H,15,16). The number of halogens is 2. The summed E-state index contributed by atoms with van der Waals surface area (Å²) in [7, 11) is 1.61. The highest BCUT2D eigenvalue weighted by atomic mass is 79.9. The molecule has 1 aromatic carbocycles. The monoisotopic (exact) mass is 319 g/mol. The summed E-state index contributed by atoms with van der Waals surface area (Å²) in [4.78, 5) is 12.0. The number of nitrogens with one attached hydrogen (secondary N) is 1. The van der Waals surface area contributed by atoms with E-state index in [1.807, 2.05) is 6.92 Å². The minimum atomic E-state index is -0.180. The van der Waals surface area contributed by atoms with Crippen molar-refractivity contribution in [1.29, 1.82) is 0 Å². The maximum absolute atomic E-state index is 12.0. The SMILES string of the molecule is CCC(COC)NC(=O)c1cc(Br)ccc1Cl. The van der Waals surface area contributed by atoms with Gasteiger partial charge in [-0.05, 0) is 24.6 Å². The summed E-state index contributed by atoms with van der Waals surface area (Å²) in [5.41, 5.74) is 0.468. The Hall–Kier alpha value is -0.580. The number of amides is 1. The highest BCUT2D eigenvalue weighted by Crippen LogP contribution is 2.21. The van der Waals surface area contributed by atoms with Gasteiger partial charge in [-0.25, -0.2) is 0 Å². The molecule has 94 valence electrons. The van der Waals surface area contributed by atoms with Crippen molar-refractivity contribution >= 4 is 33.4 Å². The number of carbonyl (C=O) groups is 1. The number of methoxy groups -OCH3 is 1. The molecule has 0 aliphatic heterocycles. The first kappa shape index (κ1) is 14.5. The van der Waals surface area contributed by atoms with Crippen LogP contribution in [0, 0.1) is 0 Å². The summed E-state index contributed by atoms with van der Waals surface area (Å²) in [5, 5.41) is 3.33. The molecule has 0 aliphatic rings. The van der Waals surface area contributed by atoms with Crippen molar-refractivity contribution in [3.63, 3.8) is 0 Å². The van der Waals surface area contributed by atoms with Crippen LogP contribution < -0.4 is 5.32 Å². The van der Waals surface area contributed by atoms with Crippen molar-refractivity contribution in [2.24, 2.45) is 0 Å². The Bertz CT molecular complexity index is 398. The third-order valence-corrected chi connectivity index (χ3v) is 3.19. The average molecular weight is 321 g/mol. The van der Waals surface area contributed by atoms with Crippen LogP contribution in [-0.2, 0) is 4.74 Å². The van der Waals surface area contributed by atoms with Gasteiger partial charge in [0, 0.05) is 11.6 Å². The number of carbonyl (C=O) groups excluding carboxylic acids is 1. The van der Waals surface area contributed by atoms with Crippen molar-refractivity contribution in [1.82, 2.24) is 5.32 Å². The van der Waals surface area contributed by atoms with Crippen LogP contribution in [0.25, 0.3) is 0 Å². The van der Waals surface area contributed by atoms with Crippen LogP contribution in [0.5, 0.6) is 0 Å². The Kier molecular flexibility index (Phi) is 5.95. The molecule has 0 saturated carbocycles. The van der Waals surface area contributed by atoms with Gasteiger partial charge >= 0.3 is 0 Å². The fourth-order valence-electron chi connectivity index (χ4n) is 1.40. The lowest BCUT2D eigenvalue weighted by atomic mass is 10.2. The highest BCUT2D eigenvalue weighted by molar-refractivity contribution is 9.10. The molecule has 1 N–H and O–H groups in total. The van der Waals surface area contributed by atoms with Crippen LogP contribution in [-0.4, -0.2) is 25.7 Å². The molecule has 0 aliphatic carbocycles. The van der Waals surface area contributed by atoms with Crippen LogP contribution in [0.15, 0.2) is 22.7 Å². The van der Waals surface area contributed by atoms with Crippen LogP contribution >= 0.6 is 27.5 Å². The molecule has 3 nitrogen and oxygen atoms in total. The van der Waals surface area contributed by atoms with E-state index >= 15 is 0 Å². The van der Waals surface area contributed by atoms with Crippen LogP contribution in [0.1, 0.15) is 23.7 Å². The molecule has 0 aromatic heterocycles. The fraction of sp³-hybridized carbons (Fsp3) is 0.417. The molecule has 1 unspecified atom stereocenters. The Labute approximate surface area is 115 Å². The summed E-state index contributed by atoms with van der Waals surface area (Å²) < 4.78 is 5.85. The molecule has 17 heavy (non-hydrogen) atoms. The van der Waals surface area contributed by atoms with E-state index in [1.54, 1.807) is 25.3 Å². The lowest BCUT2D eigenvalue weighted by Crippen LogP contribution is -2.37. The van der Waals surface area contributed by atoms with Crippen LogP contribution in [0.4, 0.5) is 0 Å². The maximum Gasteiger partial charge on any atom is 0.253 e. The largest absolute Gasteiger partial charge is 0.383 e. The van der Waals surface area contributed by atoms with Crippen molar-refractivity contribution < 1.29 is 9.53 Å². The summed E-state index contributed by atoms with van der Waals surface area (Å²) >= 11 is 9.30. The van der Waals surface area contributed by atoms with Gasteiger partial charge in [-0.3, -0.25) is 4.79 Å². The molecule has 0 fully saturated rings. The molecule has 5 heteroatoms. The van der Waals surface area contributed by atoms with Gasteiger partial charge in [0.2, 0.25) is 0 Å². The maximum atomic E-state index is 12.0. The molecule has 1 atom stereocenters. The molecular weight excluding hydrogens is 305 g/mol. The number of hydrogen-bond donors (Lipinski definition) is 1. The van der Waals surface area contributed by atoms with Crippen LogP contribution in [0.3, 0.4) is 0 Å². The molecule has 0 bridgehead atoms. The Balaban J connectivity index is 2.78. The van der Waals surface area contributed by atoms with E-state index in [4.69, 9.17) is 16.3 Å². The van der Waals surface area contributed by atoms with E-state index in [1.165, 1.54) is 0 Å². The third-order valence-electron chi connectivity index (χ3n) is 2.37. The smallest absolute Gasteiger partial charge is 0.253 e. The molecule has 1 rings (SSSR count). The second-order valence-corrected chi connectivity index (χ2v) is 4.98. The van der Waals surface area contributed by atoms with Gasteiger partial charge in [-0.15, -0.1) is 0 Å². The summed E-state index contributed by atoms with van der Waals surface area (Å²) in [6, 6.07) is 5.20. The lowest BCUT2D eigenvalue weighted by molar-refractivity contribution is 0.0894. The third kappa shape index (κ3) is 4.30. The first-order valence-corrected chi connectivity index (χ1v) is 6.50. The second-order valence-electron chi connectivity index (χ2n) is 3.66. The van der Waals surface area contributed by atoms with Crippen molar-refractivity contribution in [3.8, 4) is 0 Å². The van der Waals surface area contributed by atoms with Gasteiger partial charge < -0.3 is 10.1 Å². The second kappa shape index (κ2) is 6.99. The van der Waals surface area contributed by atoms with Crippen LogP contribution in [0.2, 0.25) is 5.02 Å². The lowest BCUT2D eigenvalue weighted by Gasteiger charge is -2.16. The minimum Gasteiger partial charge on any atom is -0.383 e. The van der Waals surface area contributed by atoms with E-state index in [2.05, 4.69) is 21.2 Å². The average Bonchev–Trinajstić information content (AvgIpc) is 2.31. The number of rotatable bonds is 5. The predicted molar refractivity (Wildman–Crippen MR) is 72.6 cm³/mol. The van der Waals surface area contributed by atoms with Gasteiger partial charge in [-0.1, -0.05) is 34.5 Å². The molecule has 0 radical (unpaired) electrons. The number of ether oxygens (including phenoxy) is 1. The van der Waals surface area contributed by atoms with Crippen molar-refractivity contribution in [2.75, 3.05) is 13.7 Å².